The molecule has 2 amide bonds. The van der Waals surface area contributed by atoms with E-state index in [0.29, 0.717) is 17.2 Å². The summed E-state index contributed by atoms with van der Waals surface area (Å²) in [5, 5.41) is 5.60. The van der Waals surface area contributed by atoms with Crippen LogP contribution >= 0.6 is 0 Å². The van der Waals surface area contributed by atoms with E-state index in [4.69, 9.17) is 9.47 Å². The van der Waals surface area contributed by atoms with Crippen LogP contribution in [-0.2, 0) is 0 Å². The third-order valence-corrected chi connectivity index (χ3v) is 3.30. The highest BCUT2D eigenvalue weighted by molar-refractivity contribution is 6.02. The normalized spacial score (nSPS) is 10.0. The first kappa shape index (κ1) is 15.7. The van der Waals surface area contributed by atoms with Gasteiger partial charge in [0.15, 0.2) is 0 Å². The largest absolute Gasteiger partial charge is 0.494 e. The lowest BCUT2D eigenvalue weighted by Gasteiger charge is -2.15. The number of ether oxygens (including phenoxy) is 2. The molecule has 5 nitrogen and oxygen atoms in total. The van der Waals surface area contributed by atoms with Crippen molar-refractivity contribution in [2.24, 2.45) is 0 Å². The van der Waals surface area contributed by atoms with Gasteiger partial charge in [-0.3, -0.25) is 0 Å². The Balaban J connectivity index is 2.19. The Morgan fingerprint density at radius 3 is 2.14 bits per heavy atom. The van der Waals surface area contributed by atoms with Crippen molar-refractivity contribution in [3.05, 3.63) is 47.5 Å². The topological polar surface area (TPSA) is 59.6 Å². The highest BCUT2D eigenvalue weighted by Gasteiger charge is 2.13. The van der Waals surface area contributed by atoms with Crippen molar-refractivity contribution in [1.29, 1.82) is 0 Å². The fraction of sp³-hybridized carbons (Fsp3) is 0.235. The van der Waals surface area contributed by atoms with Gasteiger partial charge >= 0.3 is 6.03 Å². The zero-order chi connectivity index (χ0) is 16.1. The number of para-hydroxylation sites is 1. The Morgan fingerprint density at radius 2 is 1.59 bits per heavy atom. The van der Waals surface area contributed by atoms with Crippen LogP contribution in [0.4, 0.5) is 16.2 Å². The number of amides is 2. The molecule has 22 heavy (non-hydrogen) atoms. The Kier molecular flexibility index (Phi) is 4.88. The Morgan fingerprint density at radius 1 is 0.955 bits per heavy atom. The number of urea groups is 1. The lowest BCUT2D eigenvalue weighted by Crippen LogP contribution is -2.20. The molecule has 0 aliphatic carbocycles. The summed E-state index contributed by atoms with van der Waals surface area (Å²) in [6, 6.07) is 10.8. The van der Waals surface area contributed by atoms with Crippen LogP contribution in [0.25, 0.3) is 0 Å². The second-order valence-corrected chi connectivity index (χ2v) is 4.94. The lowest BCUT2D eigenvalue weighted by molar-refractivity contribution is 0.262. The van der Waals surface area contributed by atoms with Crippen molar-refractivity contribution in [1.82, 2.24) is 0 Å². The van der Waals surface area contributed by atoms with Gasteiger partial charge in [-0.25, -0.2) is 4.79 Å². The molecule has 2 N–H and O–H groups in total. The van der Waals surface area contributed by atoms with Crippen molar-refractivity contribution >= 4 is 17.4 Å². The van der Waals surface area contributed by atoms with Crippen molar-refractivity contribution in [3.8, 4) is 11.5 Å². The van der Waals surface area contributed by atoms with Crippen molar-refractivity contribution < 1.29 is 14.3 Å². The molecular weight excluding hydrogens is 280 g/mol. The Labute approximate surface area is 130 Å². The summed E-state index contributed by atoms with van der Waals surface area (Å²) in [6.45, 7) is 3.96. The molecule has 0 radical (unpaired) electrons. The number of anilines is 2. The van der Waals surface area contributed by atoms with E-state index in [1.165, 1.54) is 0 Å². The summed E-state index contributed by atoms with van der Waals surface area (Å²) in [6.07, 6.45) is 0. The number of nitrogens with one attached hydrogen (secondary N) is 2. The number of rotatable bonds is 4. The summed E-state index contributed by atoms with van der Waals surface area (Å²) in [7, 11) is 3.09. The van der Waals surface area contributed by atoms with E-state index in [0.717, 1.165) is 16.8 Å². The number of carbonyl (C=O) groups is 1. The van der Waals surface area contributed by atoms with Gasteiger partial charge in [-0.05, 0) is 37.6 Å². The first-order chi connectivity index (χ1) is 10.5. The molecule has 0 atom stereocenters. The molecule has 0 aliphatic heterocycles. The summed E-state index contributed by atoms with van der Waals surface area (Å²) in [4.78, 5) is 12.2. The summed E-state index contributed by atoms with van der Waals surface area (Å²) in [5.41, 5.74) is 3.41. The number of hydrogen-bond acceptors (Lipinski definition) is 3. The Bertz CT molecular complexity index is 661. The highest BCUT2D eigenvalue weighted by atomic mass is 16.5. The standard InChI is InChI=1S/C17H20N2O3/c1-11-8-9-13(12(2)10-11)18-17(20)19-16-14(21-3)6-5-7-15(16)22-4/h5-10H,1-4H3,(H2,18,19,20). The molecule has 2 rings (SSSR count). The molecule has 0 fully saturated rings. The summed E-state index contributed by atoms with van der Waals surface area (Å²) < 4.78 is 10.5. The van der Waals surface area contributed by atoms with Crippen molar-refractivity contribution in [3.63, 3.8) is 0 Å². The second kappa shape index (κ2) is 6.85. The van der Waals surface area contributed by atoms with Crippen LogP contribution in [-0.4, -0.2) is 20.3 Å². The zero-order valence-corrected chi connectivity index (χ0v) is 13.2. The first-order valence-corrected chi connectivity index (χ1v) is 6.91. The number of carbonyl (C=O) groups excluding carboxylic acids is 1. The van der Waals surface area contributed by atoms with Gasteiger partial charge in [-0.2, -0.15) is 0 Å². The van der Waals surface area contributed by atoms with E-state index in [9.17, 15) is 4.79 Å². The smallest absolute Gasteiger partial charge is 0.323 e. The molecule has 0 bridgehead atoms. The minimum atomic E-state index is -0.352. The van der Waals surface area contributed by atoms with Crippen LogP contribution in [0.3, 0.4) is 0 Å². The average molecular weight is 300 g/mol. The van der Waals surface area contributed by atoms with Gasteiger partial charge in [-0.15, -0.1) is 0 Å². The van der Waals surface area contributed by atoms with Gasteiger partial charge in [0.1, 0.15) is 17.2 Å². The number of methoxy groups -OCH3 is 2. The molecule has 0 saturated heterocycles. The maximum atomic E-state index is 12.2. The predicted octanol–water partition coefficient (Wildman–Crippen LogP) is 3.96. The number of benzene rings is 2. The van der Waals surface area contributed by atoms with Gasteiger partial charge in [0.05, 0.1) is 14.2 Å². The minimum Gasteiger partial charge on any atom is -0.494 e. The fourth-order valence-electron chi connectivity index (χ4n) is 2.20. The summed E-state index contributed by atoms with van der Waals surface area (Å²) >= 11 is 0. The molecule has 2 aromatic rings. The van der Waals surface area contributed by atoms with Crippen LogP contribution in [0.15, 0.2) is 36.4 Å². The SMILES string of the molecule is COc1cccc(OC)c1NC(=O)Nc1ccc(C)cc1C. The van der Waals surface area contributed by atoms with E-state index < -0.39 is 0 Å². The van der Waals surface area contributed by atoms with Crippen LogP contribution in [0.1, 0.15) is 11.1 Å². The van der Waals surface area contributed by atoms with Crippen LogP contribution in [0.2, 0.25) is 0 Å². The molecular formula is C17H20N2O3. The predicted molar refractivity (Wildman–Crippen MR) is 88.1 cm³/mol. The zero-order valence-electron chi connectivity index (χ0n) is 13.2. The molecule has 0 aliphatic rings. The highest BCUT2D eigenvalue weighted by Crippen LogP contribution is 2.34. The van der Waals surface area contributed by atoms with Crippen LogP contribution in [0, 0.1) is 13.8 Å². The molecule has 2 aromatic carbocycles. The maximum Gasteiger partial charge on any atom is 0.323 e. The molecule has 0 aromatic heterocycles. The van der Waals surface area contributed by atoms with Gasteiger partial charge in [0.25, 0.3) is 0 Å². The number of aryl methyl sites for hydroxylation is 2. The van der Waals surface area contributed by atoms with Crippen molar-refractivity contribution in [2.75, 3.05) is 24.9 Å². The molecule has 0 saturated carbocycles. The van der Waals surface area contributed by atoms with E-state index >= 15 is 0 Å². The molecule has 0 spiro atoms. The second-order valence-electron chi connectivity index (χ2n) is 4.94. The van der Waals surface area contributed by atoms with E-state index in [1.54, 1.807) is 32.4 Å². The third-order valence-electron chi connectivity index (χ3n) is 3.30. The minimum absolute atomic E-state index is 0.352. The van der Waals surface area contributed by atoms with Crippen LogP contribution in [0.5, 0.6) is 11.5 Å². The average Bonchev–Trinajstić information content (AvgIpc) is 2.50. The molecule has 0 unspecified atom stereocenters. The maximum absolute atomic E-state index is 12.2. The van der Waals surface area contributed by atoms with E-state index in [-0.39, 0.29) is 6.03 Å². The van der Waals surface area contributed by atoms with Gasteiger partial charge in [0.2, 0.25) is 0 Å². The van der Waals surface area contributed by atoms with Gasteiger partial charge in [0, 0.05) is 5.69 Å². The molecule has 116 valence electrons. The lowest BCUT2D eigenvalue weighted by atomic mass is 10.1. The van der Waals surface area contributed by atoms with Crippen molar-refractivity contribution in [2.45, 2.75) is 13.8 Å². The van der Waals surface area contributed by atoms with E-state index in [1.807, 2.05) is 32.0 Å². The summed E-state index contributed by atoms with van der Waals surface area (Å²) in [5.74, 6) is 1.07. The Hall–Kier alpha value is -2.69. The third kappa shape index (κ3) is 3.49. The first-order valence-electron chi connectivity index (χ1n) is 6.91. The monoisotopic (exact) mass is 300 g/mol. The molecule has 5 heteroatoms. The fourth-order valence-corrected chi connectivity index (χ4v) is 2.20. The van der Waals surface area contributed by atoms with Gasteiger partial charge in [-0.1, -0.05) is 23.8 Å². The van der Waals surface area contributed by atoms with Gasteiger partial charge < -0.3 is 20.1 Å². The van der Waals surface area contributed by atoms with E-state index in [2.05, 4.69) is 10.6 Å². The number of hydrogen-bond donors (Lipinski definition) is 2. The molecule has 0 heterocycles. The quantitative estimate of drug-likeness (QED) is 0.898. The van der Waals surface area contributed by atoms with Crippen LogP contribution < -0.4 is 20.1 Å².